The first-order valence-corrected chi connectivity index (χ1v) is 9.74. The SMILES string of the molecule is COc1ccc2c(O)n(CC3(c4ccc(-c5ccccc5)[nH]4)NC(=O)NC3=O)cc2c1. The van der Waals surface area contributed by atoms with Gasteiger partial charge in [-0.05, 0) is 35.9 Å². The second-order valence-corrected chi connectivity index (χ2v) is 7.50. The third-order valence-electron chi connectivity index (χ3n) is 5.65. The molecule has 2 aromatic carbocycles. The second-order valence-electron chi connectivity index (χ2n) is 7.50. The number of aromatic amines is 1. The highest BCUT2D eigenvalue weighted by Gasteiger charge is 2.49. The molecule has 1 saturated heterocycles. The van der Waals surface area contributed by atoms with Gasteiger partial charge in [0.25, 0.3) is 5.91 Å². The van der Waals surface area contributed by atoms with Crippen LogP contribution >= 0.6 is 0 Å². The molecule has 0 spiro atoms. The average Bonchev–Trinajstić information content (AvgIpc) is 3.46. The molecule has 3 heterocycles. The molecule has 3 amide bonds. The van der Waals surface area contributed by atoms with Crippen molar-refractivity contribution in [2.75, 3.05) is 7.11 Å². The molecule has 0 saturated carbocycles. The summed E-state index contributed by atoms with van der Waals surface area (Å²) in [5.41, 5.74) is 0.885. The van der Waals surface area contributed by atoms with Crippen molar-refractivity contribution >= 4 is 22.7 Å². The molecular weight excluding hydrogens is 396 g/mol. The van der Waals surface area contributed by atoms with Gasteiger partial charge in [-0.2, -0.15) is 0 Å². The van der Waals surface area contributed by atoms with Crippen LogP contribution in [-0.2, 0) is 16.9 Å². The van der Waals surface area contributed by atoms with Gasteiger partial charge in [-0.1, -0.05) is 30.3 Å². The first kappa shape index (κ1) is 18.8. The van der Waals surface area contributed by atoms with Crippen molar-refractivity contribution in [3.63, 3.8) is 0 Å². The predicted octanol–water partition coefficient (Wildman–Crippen LogP) is 3.09. The average molecular weight is 416 g/mol. The molecule has 1 aliphatic rings. The van der Waals surface area contributed by atoms with Gasteiger partial charge in [0.05, 0.1) is 19.3 Å². The van der Waals surface area contributed by atoms with Crippen molar-refractivity contribution < 1.29 is 19.4 Å². The number of hydrogen-bond acceptors (Lipinski definition) is 4. The first-order chi connectivity index (χ1) is 15.0. The third kappa shape index (κ3) is 3.00. The minimum absolute atomic E-state index is 0.000756. The van der Waals surface area contributed by atoms with Crippen molar-refractivity contribution in [3.8, 4) is 22.9 Å². The number of rotatable bonds is 5. The number of urea groups is 1. The number of aromatic nitrogens is 2. The van der Waals surface area contributed by atoms with Crippen LogP contribution in [0.15, 0.2) is 66.9 Å². The molecule has 0 aliphatic carbocycles. The maximum absolute atomic E-state index is 13.0. The largest absolute Gasteiger partial charge is 0.497 e. The Balaban J connectivity index is 1.59. The van der Waals surface area contributed by atoms with E-state index in [0.717, 1.165) is 16.6 Å². The van der Waals surface area contributed by atoms with Crippen LogP contribution in [0.5, 0.6) is 11.6 Å². The maximum Gasteiger partial charge on any atom is 0.322 e. The van der Waals surface area contributed by atoms with Gasteiger partial charge in [-0.25, -0.2) is 4.79 Å². The van der Waals surface area contributed by atoms with E-state index in [9.17, 15) is 14.7 Å². The lowest BCUT2D eigenvalue weighted by Gasteiger charge is -2.26. The summed E-state index contributed by atoms with van der Waals surface area (Å²) in [6, 6.07) is 18.0. The molecule has 0 bridgehead atoms. The number of nitrogens with one attached hydrogen (secondary N) is 3. The highest BCUT2D eigenvalue weighted by molar-refractivity contribution is 6.07. The number of imide groups is 1. The van der Waals surface area contributed by atoms with E-state index in [1.807, 2.05) is 36.4 Å². The molecule has 8 nitrogen and oxygen atoms in total. The summed E-state index contributed by atoms with van der Waals surface area (Å²) in [5.74, 6) is 0.165. The molecule has 1 fully saturated rings. The Bertz CT molecular complexity index is 1310. The Morgan fingerprint density at radius 2 is 1.87 bits per heavy atom. The summed E-state index contributed by atoms with van der Waals surface area (Å²) < 4.78 is 6.81. The van der Waals surface area contributed by atoms with Gasteiger partial charge in [0.2, 0.25) is 0 Å². The van der Waals surface area contributed by atoms with Gasteiger partial charge in [0, 0.05) is 22.7 Å². The normalized spacial score (nSPS) is 18.2. The lowest BCUT2D eigenvalue weighted by Crippen LogP contribution is -2.47. The molecule has 0 radical (unpaired) electrons. The number of aromatic hydroxyl groups is 1. The van der Waals surface area contributed by atoms with Crippen LogP contribution in [0, 0.1) is 0 Å². The minimum atomic E-state index is -1.40. The van der Waals surface area contributed by atoms with Crippen molar-refractivity contribution in [1.82, 2.24) is 20.2 Å². The van der Waals surface area contributed by atoms with Crippen molar-refractivity contribution in [1.29, 1.82) is 0 Å². The smallest absolute Gasteiger partial charge is 0.322 e. The summed E-state index contributed by atoms with van der Waals surface area (Å²) in [6.45, 7) is 0.00213. The van der Waals surface area contributed by atoms with E-state index in [4.69, 9.17) is 4.74 Å². The van der Waals surface area contributed by atoms with Crippen LogP contribution in [0.2, 0.25) is 0 Å². The molecular formula is C23H20N4O4. The number of nitrogens with zero attached hydrogens (tertiary/aromatic N) is 1. The third-order valence-corrected chi connectivity index (χ3v) is 5.65. The molecule has 1 unspecified atom stereocenters. The minimum Gasteiger partial charge on any atom is -0.497 e. The Morgan fingerprint density at radius 1 is 1.06 bits per heavy atom. The summed E-state index contributed by atoms with van der Waals surface area (Å²) in [5, 5.41) is 17.2. The number of hydrogen-bond donors (Lipinski definition) is 4. The van der Waals surface area contributed by atoms with E-state index in [0.29, 0.717) is 16.8 Å². The summed E-state index contributed by atoms with van der Waals surface area (Å²) in [6.07, 6.45) is 1.73. The van der Waals surface area contributed by atoms with Gasteiger partial charge in [0.1, 0.15) is 5.75 Å². The molecule has 4 N–H and O–H groups in total. The summed E-state index contributed by atoms with van der Waals surface area (Å²) in [7, 11) is 1.57. The van der Waals surface area contributed by atoms with Crippen LogP contribution in [0.4, 0.5) is 4.79 Å². The van der Waals surface area contributed by atoms with E-state index >= 15 is 0 Å². The number of carbonyl (C=O) groups excluding carboxylic acids is 2. The molecule has 1 atom stereocenters. The number of benzene rings is 2. The molecule has 31 heavy (non-hydrogen) atoms. The highest BCUT2D eigenvalue weighted by atomic mass is 16.5. The number of amides is 3. The van der Waals surface area contributed by atoms with E-state index < -0.39 is 17.5 Å². The molecule has 5 rings (SSSR count). The molecule has 4 aromatic rings. The fraction of sp³-hybridized carbons (Fsp3) is 0.130. The Labute approximate surface area is 177 Å². The van der Waals surface area contributed by atoms with Crippen LogP contribution in [-0.4, -0.2) is 33.7 Å². The molecule has 8 heteroatoms. The molecule has 2 aromatic heterocycles. The van der Waals surface area contributed by atoms with Gasteiger partial charge < -0.3 is 24.7 Å². The lowest BCUT2D eigenvalue weighted by atomic mass is 9.95. The number of fused-ring (bicyclic) bond motifs is 1. The highest BCUT2D eigenvalue weighted by Crippen LogP contribution is 2.35. The van der Waals surface area contributed by atoms with E-state index in [1.165, 1.54) is 0 Å². The van der Waals surface area contributed by atoms with Gasteiger partial charge >= 0.3 is 6.03 Å². The Hall–Kier alpha value is -4.20. The van der Waals surface area contributed by atoms with Crippen molar-refractivity contribution in [2.45, 2.75) is 12.1 Å². The Kier molecular flexibility index (Phi) is 4.21. The quantitative estimate of drug-likeness (QED) is 0.375. The summed E-state index contributed by atoms with van der Waals surface area (Å²) >= 11 is 0. The lowest BCUT2D eigenvalue weighted by molar-refractivity contribution is -0.125. The van der Waals surface area contributed by atoms with Crippen LogP contribution in [0.25, 0.3) is 22.0 Å². The van der Waals surface area contributed by atoms with Crippen molar-refractivity contribution in [3.05, 3.63) is 72.6 Å². The fourth-order valence-electron chi connectivity index (χ4n) is 4.05. The monoisotopic (exact) mass is 416 g/mol. The molecule has 1 aliphatic heterocycles. The van der Waals surface area contributed by atoms with Crippen molar-refractivity contribution in [2.24, 2.45) is 0 Å². The number of carbonyl (C=O) groups is 2. The second kappa shape index (κ2) is 6.94. The van der Waals surface area contributed by atoms with E-state index in [2.05, 4.69) is 15.6 Å². The topological polar surface area (TPSA) is 108 Å². The van der Waals surface area contributed by atoms with Gasteiger partial charge in [-0.3, -0.25) is 10.1 Å². The van der Waals surface area contributed by atoms with Crippen LogP contribution in [0.1, 0.15) is 5.69 Å². The number of H-pyrrole nitrogens is 1. The zero-order valence-corrected chi connectivity index (χ0v) is 16.7. The number of methoxy groups -OCH3 is 1. The zero-order valence-electron chi connectivity index (χ0n) is 16.7. The van der Waals surface area contributed by atoms with Crippen LogP contribution < -0.4 is 15.4 Å². The predicted molar refractivity (Wildman–Crippen MR) is 115 cm³/mol. The standard InChI is InChI=1S/C23H20N4O4/c1-31-16-7-8-17-15(11-16)12-27(20(17)28)13-23(21(29)25-22(30)26-23)19-10-9-18(24-19)14-5-3-2-4-6-14/h2-12,24,28H,13H2,1H3,(H2,25,26,29,30). The van der Waals surface area contributed by atoms with Gasteiger partial charge in [-0.15, -0.1) is 0 Å². The summed E-state index contributed by atoms with van der Waals surface area (Å²) in [4.78, 5) is 28.3. The maximum atomic E-state index is 13.0. The fourth-order valence-corrected chi connectivity index (χ4v) is 4.05. The Morgan fingerprint density at radius 3 is 2.58 bits per heavy atom. The zero-order chi connectivity index (χ0) is 21.6. The first-order valence-electron chi connectivity index (χ1n) is 9.74. The number of ether oxygens (including phenoxy) is 1. The van der Waals surface area contributed by atoms with E-state index in [-0.39, 0.29) is 12.4 Å². The van der Waals surface area contributed by atoms with Gasteiger partial charge in [0.15, 0.2) is 11.4 Å². The van der Waals surface area contributed by atoms with Crippen LogP contribution in [0.3, 0.4) is 0 Å². The van der Waals surface area contributed by atoms with E-state index in [1.54, 1.807) is 42.1 Å². The molecule has 156 valence electrons.